The van der Waals surface area contributed by atoms with Crippen molar-refractivity contribution in [1.82, 2.24) is 4.90 Å². The molecule has 20 heavy (non-hydrogen) atoms. The molecule has 0 fully saturated rings. The third-order valence-corrected chi connectivity index (χ3v) is 2.72. The van der Waals surface area contributed by atoms with Gasteiger partial charge in [0.15, 0.2) is 0 Å². The smallest absolute Gasteiger partial charge is 0.416 e. The summed E-state index contributed by atoms with van der Waals surface area (Å²) in [4.78, 5) is 12.2. The molecule has 0 atom stereocenters. The molecule has 7 heteroatoms. The molecule has 0 aliphatic rings. The van der Waals surface area contributed by atoms with Crippen molar-refractivity contribution in [1.29, 1.82) is 0 Å². The number of carboxylic acid groups (broad SMARTS) is 1. The van der Waals surface area contributed by atoms with Crippen LogP contribution < -0.4 is 5.73 Å². The molecule has 0 aromatic heterocycles. The van der Waals surface area contributed by atoms with E-state index in [0.29, 0.717) is 0 Å². The Morgan fingerprint density at radius 2 is 1.80 bits per heavy atom. The van der Waals surface area contributed by atoms with Crippen molar-refractivity contribution in [3.05, 3.63) is 29.3 Å². The molecule has 0 saturated heterocycles. The molecule has 0 unspecified atom stereocenters. The molecule has 0 radical (unpaired) electrons. The molecule has 1 aromatic carbocycles. The maximum Gasteiger partial charge on any atom is 0.416 e. The fourth-order valence-electron chi connectivity index (χ4n) is 1.75. The summed E-state index contributed by atoms with van der Waals surface area (Å²) in [7, 11) is 0. The van der Waals surface area contributed by atoms with Crippen LogP contribution in [0.2, 0.25) is 0 Å². The summed E-state index contributed by atoms with van der Waals surface area (Å²) in [5.41, 5.74) is 4.00. The van der Waals surface area contributed by atoms with Crippen molar-refractivity contribution < 1.29 is 23.1 Å². The van der Waals surface area contributed by atoms with Crippen molar-refractivity contribution in [2.45, 2.75) is 39.0 Å². The number of anilines is 1. The SMILES string of the molecule is CC(C)(C)N(Cc1cc(N)cc(C(F)(F)F)c1)C(=O)O. The Morgan fingerprint density at radius 1 is 1.25 bits per heavy atom. The van der Waals surface area contributed by atoms with E-state index in [4.69, 9.17) is 10.8 Å². The highest BCUT2D eigenvalue weighted by Gasteiger charge is 2.32. The minimum Gasteiger partial charge on any atom is -0.465 e. The number of hydrogen-bond donors (Lipinski definition) is 2. The minimum absolute atomic E-state index is 0.0472. The maximum absolute atomic E-state index is 12.7. The van der Waals surface area contributed by atoms with Crippen molar-refractivity contribution >= 4 is 11.8 Å². The van der Waals surface area contributed by atoms with E-state index in [2.05, 4.69) is 0 Å². The van der Waals surface area contributed by atoms with E-state index >= 15 is 0 Å². The molecule has 112 valence electrons. The Balaban J connectivity index is 3.15. The quantitative estimate of drug-likeness (QED) is 0.818. The van der Waals surface area contributed by atoms with Crippen LogP contribution in [-0.4, -0.2) is 21.6 Å². The predicted octanol–water partition coefficient (Wildman–Crippen LogP) is 3.57. The van der Waals surface area contributed by atoms with E-state index in [0.717, 1.165) is 17.0 Å². The first-order valence-corrected chi connectivity index (χ1v) is 5.88. The number of hydrogen-bond acceptors (Lipinski definition) is 2. The van der Waals surface area contributed by atoms with Gasteiger partial charge in [0.05, 0.1) is 5.56 Å². The molecule has 1 aromatic rings. The maximum atomic E-state index is 12.7. The lowest BCUT2D eigenvalue weighted by molar-refractivity contribution is -0.137. The Kier molecular flexibility index (Phi) is 4.21. The lowest BCUT2D eigenvalue weighted by atomic mass is 10.0. The molecule has 0 saturated carbocycles. The van der Waals surface area contributed by atoms with Crippen molar-refractivity contribution in [2.24, 2.45) is 0 Å². The number of halogens is 3. The number of nitrogens with two attached hydrogens (primary N) is 1. The molecule has 3 N–H and O–H groups in total. The first-order valence-electron chi connectivity index (χ1n) is 5.88. The van der Waals surface area contributed by atoms with E-state index in [9.17, 15) is 18.0 Å². The van der Waals surface area contributed by atoms with E-state index in [1.54, 1.807) is 20.8 Å². The Bertz CT molecular complexity index is 507. The topological polar surface area (TPSA) is 66.6 Å². The highest BCUT2D eigenvalue weighted by atomic mass is 19.4. The number of nitrogens with zero attached hydrogens (tertiary/aromatic N) is 1. The second-order valence-electron chi connectivity index (χ2n) is 5.50. The average Bonchev–Trinajstić information content (AvgIpc) is 2.21. The first-order chi connectivity index (χ1) is 8.91. The third-order valence-electron chi connectivity index (χ3n) is 2.72. The van der Waals surface area contributed by atoms with Gasteiger partial charge >= 0.3 is 12.3 Å². The van der Waals surface area contributed by atoms with E-state index in [1.165, 1.54) is 6.07 Å². The molecule has 1 rings (SSSR count). The van der Waals surface area contributed by atoms with Crippen LogP contribution in [0.1, 0.15) is 31.9 Å². The van der Waals surface area contributed by atoms with Crippen LogP contribution in [0.3, 0.4) is 0 Å². The minimum atomic E-state index is -4.51. The number of rotatable bonds is 2. The fraction of sp³-hybridized carbons (Fsp3) is 0.462. The lowest BCUT2D eigenvalue weighted by Crippen LogP contribution is -2.44. The zero-order valence-corrected chi connectivity index (χ0v) is 11.5. The van der Waals surface area contributed by atoms with Gasteiger partial charge in [-0.1, -0.05) is 0 Å². The van der Waals surface area contributed by atoms with Gasteiger partial charge in [0, 0.05) is 17.8 Å². The van der Waals surface area contributed by atoms with Crippen LogP contribution in [-0.2, 0) is 12.7 Å². The summed E-state index contributed by atoms with van der Waals surface area (Å²) >= 11 is 0. The van der Waals surface area contributed by atoms with Gasteiger partial charge in [0.25, 0.3) is 0 Å². The standard InChI is InChI=1S/C13H17F3N2O2/c1-12(2,3)18(11(19)20)7-8-4-9(13(14,15)16)6-10(17)5-8/h4-6H,7,17H2,1-3H3,(H,19,20). The summed E-state index contributed by atoms with van der Waals surface area (Å²) in [5.74, 6) is 0. The molecule has 0 bridgehead atoms. The Labute approximate surface area is 115 Å². The van der Waals surface area contributed by atoms with Crippen molar-refractivity contribution in [2.75, 3.05) is 5.73 Å². The van der Waals surface area contributed by atoms with E-state index < -0.39 is 23.4 Å². The number of benzene rings is 1. The zero-order chi connectivity index (χ0) is 15.7. The largest absolute Gasteiger partial charge is 0.465 e. The lowest BCUT2D eigenvalue weighted by Gasteiger charge is -2.33. The Morgan fingerprint density at radius 3 is 2.20 bits per heavy atom. The van der Waals surface area contributed by atoms with Gasteiger partial charge in [-0.05, 0) is 44.5 Å². The molecule has 0 aliphatic heterocycles. The zero-order valence-electron chi connectivity index (χ0n) is 11.5. The van der Waals surface area contributed by atoms with Crippen LogP contribution in [0.25, 0.3) is 0 Å². The molecule has 1 amide bonds. The molecule has 0 spiro atoms. The highest BCUT2D eigenvalue weighted by molar-refractivity contribution is 5.66. The monoisotopic (exact) mass is 290 g/mol. The van der Waals surface area contributed by atoms with Crippen molar-refractivity contribution in [3.63, 3.8) is 0 Å². The summed E-state index contributed by atoms with van der Waals surface area (Å²) in [6.07, 6.45) is -5.71. The van der Waals surface area contributed by atoms with Crippen LogP contribution >= 0.6 is 0 Å². The van der Waals surface area contributed by atoms with E-state index in [-0.39, 0.29) is 17.8 Å². The third kappa shape index (κ3) is 4.04. The van der Waals surface area contributed by atoms with Crippen molar-refractivity contribution in [3.8, 4) is 0 Å². The predicted molar refractivity (Wildman–Crippen MR) is 69.2 cm³/mol. The normalized spacial score (nSPS) is 12.3. The highest BCUT2D eigenvalue weighted by Crippen LogP contribution is 2.32. The second-order valence-corrected chi connectivity index (χ2v) is 5.50. The molecule has 0 aliphatic carbocycles. The molecule has 0 heterocycles. The Hall–Kier alpha value is -1.92. The number of amides is 1. The molecular formula is C13H17F3N2O2. The average molecular weight is 290 g/mol. The second kappa shape index (κ2) is 5.22. The van der Waals surface area contributed by atoms with E-state index in [1.807, 2.05) is 0 Å². The molecular weight excluding hydrogens is 273 g/mol. The fourth-order valence-corrected chi connectivity index (χ4v) is 1.75. The summed E-state index contributed by atoms with van der Waals surface area (Å²) in [6.45, 7) is 4.83. The number of alkyl halides is 3. The first kappa shape index (κ1) is 16.1. The van der Waals surface area contributed by atoms with Crippen LogP contribution in [0.15, 0.2) is 18.2 Å². The van der Waals surface area contributed by atoms with Crippen LogP contribution in [0, 0.1) is 0 Å². The van der Waals surface area contributed by atoms with Gasteiger partial charge < -0.3 is 10.8 Å². The van der Waals surface area contributed by atoms with Crippen LogP contribution in [0.5, 0.6) is 0 Å². The number of nitrogen functional groups attached to an aromatic ring is 1. The van der Waals surface area contributed by atoms with Crippen LogP contribution in [0.4, 0.5) is 23.7 Å². The number of carbonyl (C=O) groups is 1. The summed E-state index contributed by atoms with van der Waals surface area (Å²) in [6, 6.07) is 3.08. The van der Waals surface area contributed by atoms with Gasteiger partial charge in [-0.2, -0.15) is 13.2 Å². The summed E-state index contributed by atoms with van der Waals surface area (Å²) in [5, 5.41) is 9.14. The van der Waals surface area contributed by atoms with Gasteiger partial charge in [0.1, 0.15) is 0 Å². The van der Waals surface area contributed by atoms with Gasteiger partial charge in [-0.3, -0.25) is 4.90 Å². The van der Waals surface area contributed by atoms with Gasteiger partial charge in [-0.25, -0.2) is 4.79 Å². The van der Waals surface area contributed by atoms with Gasteiger partial charge in [-0.15, -0.1) is 0 Å². The van der Waals surface area contributed by atoms with Gasteiger partial charge in [0.2, 0.25) is 0 Å². The summed E-state index contributed by atoms with van der Waals surface area (Å²) < 4.78 is 38.1. The molecule has 4 nitrogen and oxygen atoms in total.